The minimum Gasteiger partial charge on any atom is -0.488 e. The first-order valence-corrected chi connectivity index (χ1v) is 14.8. The number of nitrogens with zero attached hydrogens (tertiary/aromatic N) is 5. The first-order valence-electron chi connectivity index (χ1n) is 14.8. The Hall–Kier alpha value is -4.92. The molecule has 3 N–H and O–H groups in total. The number of hydrogen-bond donors (Lipinski definition) is 2. The summed E-state index contributed by atoms with van der Waals surface area (Å²) >= 11 is 0. The molecule has 12 heteroatoms. The van der Waals surface area contributed by atoms with Crippen LogP contribution in [0.25, 0.3) is 11.3 Å². The number of carbonyl (C=O) groups is 2. The molecule has 11 nitrogen and oxygen atoms in total. The first kappa shape index (κ1) is 29.2. The Labute approximate surface area is 254 Å². The van der Waals surface area contributed by atoms with Gasteiger partial charge in [-0.15, -0.1) is 0 Å². The molecule has 2 saturated heterocycles. The van der Waals surface area contributed by atoms with Crippen molar-refractivity contribution in [2.45, 2.75) is 32.3 Å². The predicted octanol–water partition coefficient (Wildman–Crippen LogP) is 3.73. The summed E-state index contributed by atoms with van der Waals surface area (Å²) in [6, 6.07) is 13.1. The van der Waals surface area contributed by atoms with Gasteiger partial charge in [-0.3, -0.25) is 4.79 Å². The number of primary amides is 1. The van der Waals surface area contributed by atoms with Gasteiger partial charge in [-0.25, -0.2) is 19.2 Å². The van der Waals surface area contributed by atoms with Crippen molar-refractivity contribution in [1.29, 1.82) is 5.26 Å². The van der Waals surface area contributed by atoms with E-state index in [0.29, 0.717) is 54.7 Å². The lowest BCUT2D eigenvalue weighted by Gasteiger charge is -2.59. The van der Waals surface area contributed by atoms with Gasteiger partial charge < -0.3 is 30.3 Å². The Kier molecular flexibility index (Phi) is 7.95. The molecule has 0 bridgehead atoms. The zero-order chi connectivity index (χ0) is 30.8. The van der Waals surface area contributed by atoms with Crippen LogP contribution in [0.4, 0.5) is 14.9 Å². The third kappa shape index (κ3) is 5.82. The fraction of sp³-hybridized carbons (Fsp3) is 0.406. The van der Waals surface area contributed by atoms with Gasteiger partial charge in [0, 0.05) is 44.3 Å². The smallest absolute Gasteiger partial charge is 0.314 e. The lowest BCUT2D eigenvalue weighted by atomic mass is 9.61. The van der Waals surface area contributed by atoms with Crippen LogP contribution in [0, 0.1) is 28.5 Å². The predicted molar refractivity (Wildman–Crippen MR) is 160 cm³/mol. The quantitative estimate of drug-likeness (QED) is 0.378. The van der Waals surface area contributed by atoms with Crippen molar-refractivity contribution in [1.82, 2.24) is 20.2 Å². The van der Waals surface area contributed by atoms with E-state index in [4.69, 9.17) is 20.2 Å². The number of urea groups is 1. The molecule has 3 aromatic rings. The molecule has 3 amide bonds. The fourth-order valence-electron chi connectivity index (χ4n) is 6.45. The van der Waals surface area contributed by atoms with Crippen molar-refractivity contribution in [3.8, 4) is 29.0 Å². The molecule has 6 rings (SSSR count). The van der Waals surface area contributed by atoms with Crippen molar-refractivity contribution < 1.29 is 23.5 Å². The number of amides is 3. The van der Waals surface area contributed by atoms with Gasteiger partial charge in [-0.2, -0.15) is 5.26 Å². The Balaban J connectivity index is 1.16. The van der Waals surface area contributed by atoms with Crippen molar-refractivity contribution in [3.05, 3.63) is 65.7 Å². The molecule has 2 aromatic heterocycles. The molecular weight excluding hydrogens is 565 g/mol. The van der Waals surface area contributed by atoms with Crippen LogP contribution >= 0.6 is 0 Å². The van der Waals surface area contributed by atoms with E-state index in [1.165, 1.54) is 12.1 Å². The van der Waals surface area contributed by atoms with Crippen molar-refractivity contribution in [3.63, 3.8) is 0 Å². The number of anilines is 1. The largest absolute Gasteiger partial charge is 0.488 e. The Bertz CT molecular complexity index is 1610. The molecule has 2 aliphatic heterocycles. The molecule has 1 aliphatic carbocycles. The molecular formula is C32H34FN7O4. The molecule has 1 aromatic carbocycles. The molecule has 1 unspecified atom stereocenters. The van der Waals surface area contributed by atoms with Crippen LogP contribution in [0.2, 0.25) is 0 Å². The summed E-state index contributed by atoms with van der Waals surface area (Å²) in [5.74, 6) is 0.115. The maximum atomic E-state index is 13.6. The van der Waals surface area contributed by atoms with E-state index in [1.54, 1.807) is 35.4 Å². The van der Waals surface area contributed by atoms with Crippen molar-refractivity contribution >= 4 is 17.6 Å². The number of likely N-dealkylation sites (tertiary alicyclic amines) is 1. The number of aromatic nitrogens is 2. The van der Waals surface area contributed by atoms with Crippen LogP contribution in [-0.4, -0.2) is 72.2 Å². The molecule has 0 radical (unpaired) electrons. The molecule has 1 saturated carbocycles. The summed E-state index contributed by atoms with van der Waals surface area (Å²) < 4.78 is 25.7. The summed E-state index contributed by atoms with van der Waals surface area (Å²) in [6.07, 6.45) is 3.87. The van der Waals surface area contributed by atoms with Crippen molar-refractivity contribution in [2.24, 2.45) is 17.1 Å². The number of halogens is 1. The molecule has 1 spiro atoms. The van der Waals surface area contributed by atoms with E-state index in [2.05, 4.69) is 21.3 Å². The number of carbonyl (C=O) groups excluding carboxylic acids is 2. The Morgan fingerprint density at radius 3 is 2.77 bits per heavy atom. The number of ether oxygens (including phenoxy) is 2. The molecule has 3 aliphatic rings. The second-order valence-electron chi connectivity index (χ2n) is 11.8. The lowest BCUT2D eigenvalue weighted by Crippen LogP contribution is -2.65. The van der Waals surface area contributed by atoms with E-state index in [-0.39, 0.29) is 29.0 Å². The van der Waals surface area contributed by atoms with E-state index < -0.39 is 11.8 Å². The van der Waals surface area contributed by atoms with Gasteiger partial charge in [0.25, 0.3) is 5.91 Å². The number of benzene rings is 1. The molecule has 1 atom stereocenters. The maximum Gasteiger partial charge on any atom is 0.314 e. The second-order valence-corrected chi connectivity index (χ2v) is 11.8. The highest BCUT2D eigenvalue weighted by molar-refractivity contribution is 5.95. The summed E-state index contributed by atoms with van der Waals surface area (Å²) in [7, 11) is 0. The summed E-state index contributed by atoms with van der Waals surface area (Å²) in [5.41, 5.74) is 7.90. The third-order valence-electron chi connectivity index (χ3n) is 8.64. The third-order valence-corrected chi connectivity index (χ3v) is 8.64. The van der Waals surface area contributed by atoms with Crippen LogP contribution in [-0.2, 0) is 0 Å². The summed E-state index contributed by atoms with van der Waals surface area (Å²) in [4.78, 5) is 37.8. The highest BCUT2D eigenvalue weighted by atomic mass is 19.1. The molecule has 44 heavy (non-hydrogen) atoms. The normalized spacial score (nSPS) is 18.7. The van der Waals surface area contributed by atoms with Gasteiger partial charge in [-0.1, -0.05) is 0 Å². The van der Waals surface area contributed by atoms with Gasteiger partial charge in [0.05, 0.1) is 29.1 Å². The summed E-state index contributed by atoms with van der Waals surface area (Å²) in [6.45, 7) is 5.25. The Morgan fingerprint density at radius 2 is 2.05 bits per heavy atom. The van der Waals surface area contributed by atoms with Crippen LogP contribution < -0.4 is 25.4 Å². The zero-order valence-corrected chi connectivity index (χ0v) is 24.5. The SMILES string of the molecule is CCOc1ncccc1-c1ccc(OC2CC3(C2)CN(c2ccc(F)cc2C#N)C3)c(C(=O)NCC2CCN(C(N)=O)C2)n1. The molecule has 3 fully saturated rings. The van der Waals surface area contributed by atoms with Gasteiger partial charge in [-0.05, 0) is 74.6 Å². The standard InChI is InChI=1S/C32H34FN7O4/c1-2-43-30-24(4-3-10-36-30)25-6-8-27(28(38-25)29(41)37-16-20-9-11-39(17-20)31(35)42)44-23-13-32(14-23)18-40(19-32)26-7-5-22(33)12-21(26)15-34/h3-8,10,12,20,23H,2,9,11,13-14,16-19H2,1H3,(H2,35,42)(H,37,41). The molecule has 228 valence electrons. The number of nitriles is 1. The van der Waals surface area contributed by atoms with E-state index >= 15 is 0 Å². The van der Waals surface area contributed by atoms with Gasteiger partial charge in [0.2, 0.25) is 5.88 Å². The van der Waals surface area contributed by atoms with E-state index in [0.717, 1.165) is 38.0 Å². The number of pyridine rings is 2. The van der Waals surface area contributed by atoms with Gasteiger partial charge in [0.1, 0.15) is 18.0 Å². The van der Waals surface area contributed by atoms with E-state index in [9.17, 15) is 19.2 Å². The fourth-order valence-corrected chi connectivity index (χ4v) is 6.45. The van der Waals surface area contributed by atoms with Crippen LogP contribution in [0.15, 0.2) is 48.7 Å². The van der Waals surface area contributed by atoms with Gasteiger partial charge in [0.15, 0.2) is 11.4 Å². The highest BCUT2D eigenvalue weighted by Gasteiger charge is 2.54. The zero-order valence-electron chi connectivity index (χ0n) is 24.5. The van der Waals surface area contributed by atoms with Crippen LogP contribution in [0.1, 0.15) is 42.2 Å². The van der Waals surface area contributed by atoms with Gasteiger partial charge >= 0.3 is 6.03 Å². The van der Waals surface area contributed by atoms with E-state index in [1.807, 2.05) is 13.0 Å². The minimum absolute atomic E-state index is 0.0540. The number of hydrogen-bond acceptors (Lipinski definition) is 8. The highest BCUT2D eigenvalue weighted by Crippen LogP contribution is 2.51. The molecule has 4 heterocycles. The maximum absolute atomic E-state index is 13.6. The summed E-state index contributed by atoms with van der Waals surface area (Å²) in [5, 5.41) is 12.4. The minimum atomic E-state index is -0.457. The average molecular weight is 600 g/mol. The Morgan fingerprint density at radius 1 is 1.23 bits per heavy atom. The van der Waals surface area contributed by atoms with Crippen LogP contribution in [0.5, 0.6) is 11.6 Å². The van der Waals surface area contributed by atoms with Crippen molar-refractivity contribution in [2.75, 3.05) is 44.2 Å². The van der Waals surface area contributed by atoms with Crippen LogP contribution in [0.3, 0.4) is 0 Å². The number of nitrogens with one attached hydrogen (secondary N) is 1. The lowest BCUT2D eigenvalue weighted by molar-refractivity contribution is -0.0344. The monoisotopic (exact) mass is 599 g/mol. The number of nitrogens with two attached hydrogens (primary N) is 1. The second kappa shape index (κ2) is 12.0. The average Bonchev–Trinajstić information content (AvgIpc) is 3.47. The number of rotatable bonds is 9. The first-order chi connectivity index (χ1) is 21.3. The topological polar surface area (TPSA) is 147 Å².